The molecule has 2 fully saturated rings. The number of halogens is 2. The van der Waals surface area contributed by atoms with Gasteiger partial charge in [-0.05, 0) is 19.8 Å². The predicted octanol–water partition coefficient (Wildman–Crippen LogP) is 3.18. The molecule has 11 nitrogen and oxygen atoms in total. The van der Waals surface area contributed by atoms with Crippen LogP contribution in [0.3, 0.4) is 0 Å². The highest BCUT2D eigenvalue weighted by atomic mass is 35.5. The van der Waals surface area contributed by atoms with Crippen molar-refractivity contribution in [2.45, 2.75) is 32.4 Å². The normalized spacial score (nSPS) is 17.7. The molecular weight excluding hydrogens is 469 g/mol. The molecule has 0 atom stereocenters. The van der Waals surface area contributed by atoms with Crippen LogP contribution in [0.1, 0.15) is 25.8 Å². The molecule has 13 heteroatoms. The number of rotatable bonds is 4. The Bertz CT molecular complexity index is 1150. The van der Waals surface area contributed by atoms with Gasteiger partial charge in [0, 0.05) is 38.9 Å². The first kappa shape index (κ1) is 22.2. The molecule has 33 heavy (non-hydrogen) atoms. The molecule has 2 saturated heterocycles. The van der Waals surface area contributed by atoms with Gasteiger partial charge in [0.15, 0.2) is 16.0 Å². The lowest BCUT2D eigenvalue weighted by atomic mass is 10.1. The standard InChI is InChI=1S/C20H25Cl2N9O2/c1-2-30-18-14(16(21)26-30)11-23-19(25-18)24-15-12-31(27-17(15)22)13-3-5-28(6-4-13)20(32)29-7-9-33-10-8-29/h11-13H,2-10H2,1H3,(H,23,24,25). The minimum atomic E-state index is 0.0940. The topological polar surface area (TPSA) is 106 Å². The number of carbonyl (C=O) groups excluding carboxylic acids is 1. The Kier molecular flexibility index (Phi) is 6.26. The van der Waals surface area contributed by atoms with E-state index in [1.54, 1.807) is 10.9 Å². The molecule has 5 heterocycles. The van der Waals surface area contributed by atoms with Crippen molar-refractivity contribution < 1.29 is 9.53 Å². The molecule has 0 spiro atoms. The van der Waals surface area contributed by atoms with Crippen LogP contribution in [-0.4, -0.2) is 84.8 Å². The summed E-state index contributed by atoms with van der Waals surface area (Å²) in [5.74, 6) is 0.390. The number of ether oxygens (including phenoxy) is 1. The van der Waals surface area contributed by atoms with E-state index in [1.165, 1.54) is 0 Å². The molecule has 0 aromatic carbocycles. The number of nitrogens with zero attached hydrogens (tertiary/aromatic N) is 8. The second-order valence-corrected chi connectivity index (χ2v) is 8.79. The molecule has 0 radical (unpaired) electrons. The predicted molar refractivity (Wildman–Crippen MR) is 124 cm³/mol. The third-order valence-electron chi connectivity index (χ3n) is 6.07. The maximum absolute atomic E-state index is 12.7. The van der Waals surface area contributed by atoms with E-state index in [0.29, 0.717) is 78.9 Å². The summed E-state index contributed by atoms with van der Waals surface area (Å²) in [4.78, 5) is 25.4. The summed E-state index contributed by atoms with van der Waals surface area (Å²) in [6.07, 6.45) is 5.13. The van der Waals surface area contributed by atoms with Crippen molar-refractivity contribution in [2.75, 3.05) is 44.7 Å². The average Bonchev–Trinajstić information content (AvgIpc) is 3.38. The first-order valence-electron chi connectivity index (χ1n) is 11.1. The van der Waals surface area contributed by atoms with Crippen molar-refractivity contribution in [3.63, 3.8) is 0 Å². The van der Waals surface area contributed by atoms with Gasteiger partial charge < -0.3 is 19.9 Å². The SMILES string of the molecule is CCn1nc(Cl)c2cnc(Nc3cn(C4CCN(C(=O)N5CCOCC5)CC4)nc3Cl)nc21. The maximum atomic E-state index is 12.7. The average molecular weight is 494 g/mol. The van der Waals surface area contributed by atoms with Crippen LogP contribution in [0.5, 0.6) is 0 Å². The zero-order valence-corrected chi connectivity index (χ0v) is 19.8. The van der Waals surface area contributed by atoms with Crippen LogP contribution in [-0.2, 0) is 11.3 Å². The van der Waals surface area contributed by atoms with Crippen LogP contribution in [0.25, 0.3) is 11.0 Å². The highest BCUT2D eigenvalue weighted by molar-refractivity contribution is 6.34. The van der Waals surface area contributed by atoms with Crippen LogP contribution in [0.2, 0.25) is 10.3 Å². The van der Waals surface area contributed by atoms with Crippen molar-refractivity contribution in [1.82, 2.24) is 39.3 Å². The molecule has 0 saturated carbocycles. The number of morpholine rings is 1. The zero-order valence-electron chi connectivity index (χ0n) is 18.2. The Morgan fingerprint density at radius 2 is 1.85 bits per heavy atom. The van der Waals surface area contributed by atoms with Gasteiger partial charge in [-0.3, -0.25) is 4.68 Å². The van der Waals surface area contributed by atoms with Gasteiger partial charge in [-0.2, -0.15) is 15.2 Å². The minimum Gasteiger partial charge on any atom is -0.378 e. The van der Waals surface area contributed by atoms with Crippen molar-refractivity contribution in [3.8, 4) is 0 Å². The molecule has 0 unspecified atom stereocenters. The quantitative estimate of drug-likeness (QED) is 0.594. The Morgan fingerprint density at radius 3 is 2.58 bits per heavy atom. The highest BCUT2D eigenvalue weighted by Crippen LogP contribution is 2.29. The summed E-state index contributed by atoms with van der Waals surface area (Å²) in [7, 11) is 0. The van der Waals surface area contributed by atoms with Gasteiger partial charge in [0.25, 0.3) is 0 Å². The highest BCUT2D eigenvalue weighted by Gasteiger charge is 2.28. The molecule has 2 aliphatic heterocycles. The monoisotopic (exact) mass is 493 g/mol. The van der Waals surface area contributed by atoms with Gasteiger partial charge in [-0.15, -0.1) is 0 Å². The second kappa shape index (κ2) is 9.32. The van der Waals surface area contributed by atoms with Crippen LogP contribution in [0, 0.1) is 0 Å². The molecule has 2 aliphatic rings. The molecule has 2 amide bonds. The fourth-order valence-corrected chi connectivity index (χ4v) is 4.65. The lowest BCUT2D eigenvalue weighted by Gasteiger charge is -2.37. The number of likely N-dealkylation sites (tertiary alicyclic amines) is 1. The lowest BCUT2D eigenvalue weighted by molar-refractivity contribution is 0.0401. The van der Waals surface area contributed by atoms with Crippen LogP contribution < -0.4 is 5.32 Å². The van der Waals surface area contributed by atoms with E-state index in [0.717, 1.165) is 12.8 Å². The third-order valence-corrected chi connectivity index (χ3v) is 6.63. The van der Waals surface area contributed by atoms with Crippen LogP contribution in [0.4, 0.5) is 16.4 Å². The summed E-state index contributed by atoms with van der Waals surface area (Å²) in [5, 5.41) is 13.3. The molecule has 0 aliphatic carbocycles. The van der Waals surface area contributed by atoms with E-state index < -0.39 is 0 Å². The molecule has 0 bridgehead atoms. The maximum Gasteiger partial charge on any atom is 0.320 e. The zero-order chi connectivity index (χ0) is 22.9. The smallest absolute Gasteiger partial charge is 0.320 e. The van der Waals surface area contributed by atoms with Crippen molar-refractivity contribution in [1.29, 1.82) is 0 Å². The minimum absolute atomic E-state index is 0.0940. The lowest BCUT2D eigenvalue weighted by Crippen LogP contribution is -2.50. The molecule has 5 rings (SSSR count). The number of aromatic nitrogens is 6. The number of aryl methyl sites for hydroxylation is 1. The van der Waals surface area contributed by atoms with Crippen LogP contribution >= 0.6 is 23.2 Å². The van der Waals surface area contributed by atoms with Gasteiger partial charge in [0.05, 0.1) is 36.5 Å². The molecule has 3 aromatic heterocycles. The summed E-state index contributed by atoms with van der Waals surface area (Å²) in [5.41, 5.74) is 1.28. The third kappa shape index (κ3) is 4.44. The van der Waals surface area contributed by atoms with E-state index >= 15 is 0 Å². The van der Waals surface area contributed by atoms with Gasteiger partial charge in [0.2, 0.25) is 5.95 Å². The number of carbonyl (C=O) groups is 1. The van der Waals surface area contributed by atoms with Crippen molar-refractivity contribution in [2.24, 2.45) is 0 Å². The van der Waals surface area contributed by atoms with Crippen LogP contribution in [0.15, 0.2) is 12.4 Å². The van der Waals surface area contributed by atoms with E-state index in [2.05, 4.69) is 25.5 Å². The first-order chi connectivity index (χ1) is 16.0. The number of fused-ring (bicyclic) bond motifs is 1. The van der Waals surface area contributed by atoms with Gasteiger partial charge in [0.1, 0.15) is 0 Å². The number of amides is 2. The Balaban J connectivity index is 1.25. The molecule has 3 aromatic rings. The molecule has 1 N–H and O–H groups in total. The van der Waals surface area contributed by atoms with E-state index in [1.807, 2.05) is 27.6 Å². The number of nitrogens with one attached hydrogen (secondary N) is 1. The number of hydrogen-bond donors (Lipinski definition) is 1. The Hall–Kier alpha value is -2.63. The summed E-state index contributed by atoms with van der Waals surface area (Å²) >= 11 is 12.6. The fraction of sp³-hybridized carbons (Fsp3) is 0.550. The van der Waals surface area contributed by atoms with Crippen molar-refractivity contribution >= 4 is 51.9 Å². The summed E-state index contributed by atoms with van der Waals surface area (Å²) in [6, 6.07) is 0.257. The Labute approximate surface area is 200 Å². The number of hydrogen-bond acceptors (Lipinski definition) is 7. The second-order valence-electron chi connectivity index (χ2n) is 8.08. The van der Waals surface area contributed by atoms with Gasteiger partial charge in [-0.1, -0.05) is 23.2 Å². The molecule has 176 valence electrons. The van der Waals surface area contributed by atoms with E-state index in [9.17, 15) is 4.79 Å². The fourth-order valence-electron chi connectivity index (χ4n) is 4.24. The Morgan fingerprint density at radius 1 is 1.12 bits per heavy atom. The van der Waals surface area contributed by atoms with E-state index in [4.69, 9.17) is 27.9 Å². The van der Waals surface area contributed by atoms with Gasteiger partial charge >= 0.3 is 6.03 Å². The largest absolute Gasteiger partial charge is 0.378 e. The van der Waals surface area contributed by atoms with Crippen molar-refractivity contribution in [3.05, 3.63) is 22.7 Å². The molecular formula is C20H25Cl2N9O2. The van der Waals surface area contributed by atoms with Gasteiger partial charge in [-0.25, -0.2) is 14.5 Å². The van der Waals surface area contributed by atoms with E-state index in [-0.39, 0.29) is 12.1 Å². The first-order valence-corrected chi connectivity index (χ1v) is 11.8. The number of urea groups is 1. The number of piperidine rings is 1. The summed E-state index contributed by atoms with van der Waals surface area (Å²) < 4.78 is 8.93. The number of anilines is 2. The summed E-state index contributed by atoms with van der Waals surface area (Å²) in [6.45, 7) is 6.50.